The predicted molar refractivity (Wildman–Crippen MR) is 110 cm³/mol. The zero-order valence-corrected chi connectivity index (χ0v) is 16.8. The van der Waals surface area contributed by atoms with E-state index in [4.69, 9.17) is 16.1 Å². The highest BCUT2D eigenvalue weighted by Crippen LogP contribution is 2.26. The van der Waals surface area contributed by atoms with Crippen molar-refractivity contribution >= 4 is 45.1 Å². The molecule has 4 aromatic rings. The van der Waals surface area contributed by atoms with Crippen molar-refractivity contribution in [3.63, 3.8) is 0 Å². The maximum atomic E-state index is 12.6. The number of benzene rings is 1. The third-order valence-electron chi connectivity index (χ3n) is 4.26. The minimum absolute atomic E-state index is 0.174. The Morgan fingerprint density at radius 2 is 2.07 bits per heavy atom. The molecule has 3 heterocycles. The molecule has 0 atom stereocenters. The summed E-state index contributed by atoms with van der Waals surface area (Å²) in [5.41, 5.74) is 2.67. The number of halogens is 1. The first-order valence-corrected chi connectivity index (χ1v) is 9.95. The molecule has 0 bridgehead atoms. The first-order chi connectivity index (χ1) is 13.5. The van der Waals surface area contributed by atoms with Gasteiger partial charge in [0.2, 0.25) is 0 Å². The fourth-order valence-electron chi connectivity index (χ4n) is 2.84. The molecule has 4 rings (SSSR count). The van der Waals surface area contributed by atoms with Gasteiger partial charge in [0.05, 0.1) is 16.6 Å². The van der Waals surface area contributed by atoms with Crippen LogP contribution in [0.4, 0.5) is 5.13 Å². The summed E-state index contributed by atoms with van der Waals surface area (Å²) in [5.74, 6) is -0.100. The lowest BCUT2D eigenvalue weighted by Crippen LogP contribution is -2.11. The molecule has 8 heteroatoms. The largest absolute Gasteiger partial charge is 0.336 e. The summed E-state index contributed by atoms with van der Waals surface area (Å²) in [6, 6.07) is 9.44. The van der Waals surface area contributed by atoms with Crippen LogP contribution in [0.15, 0.2) is 47.2 Å². The fourth-order valence-corrected chi connectivity index (χ4v) is 3.87. The van der Waals surface area contributed by atoms with Gasteiger partial charge in [-0.15, -0.1) is 11.3 Å². The van der Waals surface area contributed by atoms with E-state index in [2.05, 4.69) is 20.4 Å². The lowest BCUT2D eigenvalue weighted by atomic mass is 10.1. The van der Waals surface area contributed by atoms with Gasteiger partial charge in [-0.25, -0.2) is 9.97 Å². The van der Waals surface area contributed by atoms with Gasteiger partial charge in [-0.3, -0.25) is 10.1 Å². The molecular weight excluding hydrogens is 396 g/mol. The van der Waals surface area contributed by atoms with Crippen molar-refractivity contribution in [3.05, 3.63) is 69.4 Å². The third-order valence-corrected chi connectivity index (χ3v) is 5.54. The number of aromatic nitrogens is 3. The summed E-state index contributed by atoms with van der Waals surface area (Å²) >= 11 is 7.63. The molecule has 28 heavy (non-hydrogen) atoms. The highest BCUT2D eigenvalue weighted by Gasteiger charge is 2.16. The minimum atomic E-state index is -0.274. The number of nitrogens with one attached hydrogen (secondary N) is 1. The SMILES string of the molecule is CC(C)c1noc2ncc(C(=O)Nc3ncc(Cc4ccccc4Cl)s3)cc12. The third kappa shape index (κ3) is 3.76. The maximum Gasteiger partial charge on any atom is 0.259 e. The number of carbonyl (C=O) groups is 1. The number of carbonyl (C=O) groups excluding carboxylic acids is 1. The topological polar surface area (TPSA) is 80.9 Å². The number of thiazole rings is 1. The molecule has 0 fully saturated rings. The van der Waals surface area contributed by atoms with Gasteiger partial charge in [0, 0.05) is 28.7 Å². The van der Waals surface area contributed by atoms with Gasteiger partial charge in [0.25, 0.3) is 11.6 Å². The summed E-state index contributed by atoms with van der Waals surface area (Å²) in [6.45, 7) is 4.03. The van der Waals surface area contributed by atoms with Gasteiger partial charge in [-0.2, -0.15) is 0 Å². The standard InChI is InChI=1S/C20H17ClN4O2S/c1-11(2)17-15-8-13(9-22-19(15)27-25-17)18(26)24-20-23-10-14(28-20)7-12-5-3-4-6-16(12)21/h3-6,8-11H,7H2,1-2H3,(H,23,24,26). The second-order valence-corrected chi connectivity index (χ2v) is 8.18. The van der Waals surface area contributed by atoms with Crippen molar-refractivity contribution in [2.75, 3.05) is 5.32 Å². The highest BCUT2D eigenvalue weighted by atomic mass is 35.5. The number of hydrogen-bond acceptors (Lipinski definition) is 6. The van der Waals surface area contributed by atoms with Crippen LogP contribution >= 0.6 is 22.9 Å². The number of hydrogen-bond donors (Lipinski definition) is 1. The van der Waals surface area contributed by atoms with E-state index in [1.165, 1.54) is 17.5 Å². The van der Waals surface area contributed by atoms with Crippen LogP contribution in [-0.4, -0.2) is 21.0 Å². The summed E-state index contributed by atoms with van der Waals surface area (Å²) in [6.07, 6.45) is 3.90. The number of rotatable bonds is 5. The Balaban J connectivity index is 1.51. The van der Waals surface area contributed by atoms with Crippen LogP contribution in [0.25, 0.3) is 11.1 Å². The summed E-state index contributed by atoms with van der Waals surface area (Å²) in [7, 11) is 0. The minimum Gasteiger partial charge on any atom is -0.336 e. The van der Waals surface area contributed by atoms with Crippen LogP contribution in [0, 0.1) is 0 Å². The Kier molecular flexibility index (Phi) is 5.11. The molecule has 0 aliphatic rings. The number of amides is 1. The molecular formula is C20H17ClN4O2S. The van der Waals surface area contributed by atoms with Gasteiger partial charge in [0.1, 0.15) is 0 Å². The van der Waals surface area contributed by atoms with Crippen LogP contribution in [0.5, 0.6) is 0 Å². The lowest BCUT2D eigenvalue weighted by Gasteiger charge is -2.03. The molecule has 0 spiro atoms. The van der Waals surface area contributed by atoms with E-state index in [1.54, 1.807) is 12.3 Å². The average Bonchev–Trinajstić information content (AvgIpc) is 3.29. The van der Waals surface area contributed by atoms with Gasteiger partial charge in [0.15, 0.2) is 5.13 Å². The van der Waals surface area contributed by atoms with Crippen molar-refractivity contribution in [2.24, 2.45) is 0 Å². The first kappa shape index (κ1) is 18.6. The van der Waals surface area contributed by atoms with Crippen LogP contribution in [0.1, 0.15) is 46.3 Å². The van der Waals surface area contributed by atoms with Gasteiger partial charge >= 0.3 is 0 Å². The predicted octanol–water partition coefficient (Wildman–Crippen LogP) is 5.30. The van der Waals surface area contributed by atoms with E-state index in [-0.39, 0.29) is 11.8 Å². The van der Waals surface area contributed by atoms with Crippen molar-refractivity contribution in [3.8, 4) is 0 Å². The van der Waals surface area contributed by atoms with Crippen LogP contribution in [-0.2, 0) is 6.42 Å². The van der Waals surface area contributed by atoms with E-state index in [9.17, 15) is 4.79 Å². The number of fused-ring (bicyclic) bond motifs is 1. The Morgan fingerprint density at radius 3 is 2.86 bits per heavy atom. The fraction of sp³-hybridized carbons (Fsp3) is 0.200. The molecule has 0 unspecified atom stereocenters. The van der Waals surface area contributed by atoms with Crippen molar-refractivity contribution in [2.45, 2.75) is 26.2 Å². The lowest BCUT2D eigenvalue weighted by molar-refractivity contribution is 0.102. The summed E-state index contributed by atoms with van der Waals surface area (Å²) in [4.78, 5) is 22.1. The smallest absolute Gasteiger partial charge is 0.259 e. The molecule has 0 saturated heterocycles. The van der Waals surface area contributed by atoms with E-state index >= 15 is 0 Å². The van der Waals surface area contributed by atoms with Crippen molar-refractivity contribution in [1.29, 1.82) is 0 Å². The summed E-state index contributed by atoms with van der Waals surface area (Å²) < 4.78 is 5.22. The van der Waals surface area contributed by atoms with E-state index in [0.717, 1.165) is 26.5 Å². The van der Waals surface area contributed by atoms with E-state index < -0.39 is 0 Å². The quantitative estimate of drug-likeness (QED) is 0.481. The number of pyridine rings is 1. The van der Waals surface area contributed by atoms with E-state index in [1.807, 2.05) is 38.1 Å². The molecule has 1 N–H and O–H groups in total. The Labute approximate surface area is 170 Å². The molecule has 6 nitrogen and oxygen atoms in total. The zero-order chi connectivity index (χ0) is 19.7. The van der Waals surface area contributed by atoms with Gasteiger partial charge in [-0.1, -0.05) is 48.8 Å². The number of nitrogens with zero attached hydrogens (tertiary/aromatic N) is 3. The number of anilines is 1. The Bertz CT molecular complexity index is 1150. The summed E-state index contributed by atoms with van der Waals surface area (Å²) in [5, 5.41) is 8.87. The Morgan fingerprint density at radius 1 is 1.25 bits per heavy atom. The van der Waals surface area contributed by atoms with Crippen molar-refractivity contribution in [1.82, 2.24) is 15.1 Å². The molecule has 0 aliphatic heterocycles. The van der Waals surface area contributed by atoms with Gasteiger partial charge < -0.3 is 4.52 Å². The van der Waals surface area contributed by atoms with Gasteiger partial charge in [-0.05, 0) is 23.6 Å². The average molecular weight is 413 g/mol. The molecule has 0 aliphatic carbocycles. The van der Waals surface area contributed by atoms with Crippen LogP contribution < -0.4 is 5.32 Å². The van der Waals surface area contributed by atoms with Crippen LogP contribution in [0.2, 0.25) is 5.02 Å². The monoisotopic (exact) mass is 412 g/mol. The maximum absolute atomic E-state index is 12.6. The molecule has 142 valence electrons. The Hall–Kier alpha value is -2.77. The molecule has 1 aromatic carbocycles. The second kappa shape index (κ2) is 7.69. The van der Waals surface area contributed by atoms with E-state index in [0.29, 0.717) is 22.8 Å². The zero-order valence-electron chi connectivity index (χ0n) is 15.3. The second-order valence-electron chi connectivity index (χ2n) is 6.65. The highest BCUT2D eigenvalue weighted by molar-refractivity contribution is 7.15. The molecule has 0 saturated carbocycles. The first-order valence-electron chi connectivity index (χ1n) is 8.76. The van der Waals surface area contributed by atoms with Crippen LogP contribution in [0.3, 0.4) is 0 Å². The molecule has 1 amide bonds. The van der Waals surface area contributed by atoms with Crippen molar-refractivity contribution < 1.29 is 9.32 Å². The molecule has 0 radical (unpaired) electrons. The normalized spacial score (nSPS) is 11.3. The molecule has 3 aromatic heterocycles.